The summed E-state index contributed by atoms with van der Waals surface area (Å²) in [6.07, 6.45) is 0.371. The first kappa shape index (κ1) is 27.9. The second-order valence-corrected chi connectivity index (χ2v) is 8.53. The Bertz CT molecular complexity index is 813. The maximum atomic E-state index is 13.6. The smallest absolute Gasteiger partial charge is 0.407 e. The summed E-state index contributed by atoms with van der Waals surface area (Å²) in [6, 6.07) is 4.40. The van der Waals surface area contributed by atoms with Crippen molar-refractivity contribution in [3.63, 3.8) is 0 Å². The molecule has 1 aromatic carbocycles. The minimum atomic E-state index is -0.534. The number of rotatable bonds is 6. The van der Waals surface area contributed by atoms with Crippen LogP contribution in [0.3, 0.4) is 0 Å². The van der Waals surface area contributed by atoms with Crippen molar-refractivity contribution in [2.75, 3.05) is 32.7 Å². The lowest BCUT2D eigenvalue weighted by Gasteiger charge is -2.23. The maximum Gasteiger partial charge on any atom is 0.407 e. The maximum absolute atomic E-state index is 13.6. The number of aliphatic imine (C=N–C) groups is 1. The molecule has 2 rings (SSSR count). The second kappa shape index (κ2) is 12.8. The average Bonchev–Trinajstić information content (AvgIpc) is 3.12. The molecule has 0 spiro atoms. The third kappa shape index (κ3) is 9.17. The summed E-state index contributed by atoms with van der Waals surface area (Å²) in [4.78, 5) is 30.8. The predicted molar refractivity (Wildman–Crippen MR) is 134 cm³/mol. The van der Waals surface area contributed by atoms with Gasteiger partial charge in [0.05, 0.1) is 12.6 Å². The fraction of sp³-hybridized carbons (Fsp3) is 0.591. The van der Waals surface area contributed by atoms with Crippen LogP contribution < -0.4 is 16.0 Å². The number of likely N-dealkylation sites (tertiary alicyclic amines) is 1. The van der Waals surface area contributed by atoms with Crippen LogP contribution in [0.2, 0.25) is 0 Å². The van der Waals surface area contributed by atoms with Crippen LogP contribution in [0.4, 0.5) is 9.18 Å². The molecule has 1 aliphatic heterocycles. The van der Waals surface area contributed by atoms with Crippen molar-refractivity contribution in [2.24, 2.45) is 4.99 Å². The van der Waals surface area contributed by atoms with E-state index < -0.39 is 17.5 Å². The van der Waals surface area contributed by atoms with Crippen molar-refractivity contribution < 1.29 is 18.7 Å². The van der Waals surface area contributed by atoms with E-state index in [-0.39, 0.29) is 41.5 Å². The summed E-state index contributed by atoms with van der Waals surface area (Å²) in [5.41, 5.74) is 0.254. The number of carbonyl (C=O) groups is 2. The van der Waals surface area contributed by atoms with E-state index in [1.165, 1.54) is 6.07 Å². The Morgan fingerprint density at radius 1 is 1.28 bits per heavy atom. The fourth-order valence-electron chi connectivity index (χ4n) is 3.14. The Labute approximate surface area is 206 Å². The van der Waals surface area contributed by atoms with E-state index in [1.54, 1.807) is 19.1 Å². The van der Waals surface area contributed by atoms with Crippen LogP contribution in [0.25, 0.3) is 0 Å². The Hall–Kier alpha value is -2.11. The zero-order valence-electron chi connectivity index (χ0n) is 19.5. The SMILES string of the molecule is CCNC(=NCCNC(=O)c1ccc(C)c(F)c1)N1CCC(NC(=O)OC(C)(C)C)C1.I. The van der Waals surface area contributed by atoms with Crippen molar-refractivity contribution in [1.29, 1.82) is 0 Å². The molecule has 1 heterocycles. The number of guanidine groups is 1. The minimum absolute atomic E-state index is 0. The van der Waals surface area contributed by atoms with Crippen LogP contribution >= 0.6 is 24.0 Å². The molecule has 0 bridgehead atoms. The number of ether oxygens (including phenoxy) is 1. The molecule has 1 aromatic rings. The first-order valence-corrected chi connectivity index (χ1v) is 10.7. The molecule has 0 saturated carbocycles. The summed E-state index contributed by atoms with van der Waals surface area (Å²) in [6.45, 7) is 11.9. The van der Waals surface area contributed by atoms with Gasteiger partial charge in [-0.1, -0.05) is 6.07 Å². The van der Waals surface area contributed by atoms with Crippen LogP contribution in [0, 0.1) is 12.7 Å². The topological polar surface area (TPSA) is 95.1 Å². The number of hydrogen-bond acceptors (Lipinski definition) is 4. The predicted octanol–water partition coefficient (Wildman–Crippen LogP) is 3.05. The lowest BCUT2D eigenvalue weighted by atomic mass is 10.1. The number of hydrogen-bond donors (Lipinski definition) is 3. The molecule has 10 heteroatoms. The summed E-state index contributed by atoms with van der Waals surface area (Å²) >= 11 is 0. The van der Waals surface area contributed by atoms with E-state index in [9.17, 15) is 14.0 Å². The van der Waals surface area contributed by atoms with Gasteiger partial charge in [0.2, 0.25) is 0 Å². The van der Waals surface area contributed by atoms with Gasteiger partial charge in [0.15, 0.2) is 5.96 Å². The molecular formula is C22H35FIN5O3. The highest BCUT2D eigenvalue weighted by atomic mass is 127. The second-order valence-electron chi connectivity index (χ2n) is 8.53. The van der Waals surface area contributed by atoms with Gasteiger partial charge >= 0.3 is 6.09 Å². The van der Waals surface area contributed by atoms with Crippen LogP contribution in [0.15, 0.2) is 23.2 Å². The van der Waals surface area contributed by atoms with Gasteiger partial charge in [-0.05, 0) is 58.7 Å². The van der Waals surface area contributed by atoms with Crippen molar-refractivity contribution in [2.45, 2.75) is 52.7 Å². The van der Waals surface area contributed by atoms with Crippen LogP contribution in [0.5, 0.6) is 0 Å². The molecule has 8 nitrogen and oxygen atoms in total. The zero-order valence-corrected chi connectivity index (χ0v) is 21.8. The Kier molecular flexibility index (Phi) is 11.2. The molecule has 1 atom stereocenters. The lowest BCUT2D eigenvalue weighted by Crippen LogP contribution is -2.44. The Morgan fingerprint density at radius 3 is 2.62 bits per heavy atom. The van der Waals surface area contributed by atoms with Crippen LogP contribution in [-0.4, -0.2) is 67.2 Å². The third-order valence-corrected chi connectivity index (χ3v) is 4.64. The minimum Gasteiger partial charge on any atom is -0.444 e. The van der Waals surface area contributed by atoms with Crippen LogP contribution in [-0.2, 0) is 4.74 Å². The highest BCUT2D eigenvalue weighted by molar-refractivity contribution is 14.0. The Balaban J connectivity index is 0.00000512. The van der Waals surface area contributed by atoms with E-state index in [4.69, 9.17) is 4.74 Å². The van der Waals surface area contributed by atoms with E-state index in [1.807, 2.05) is 27.7 Å². The van der Waals surface area contributed by atoms with Gasteiger partial charge in [-0.3, -0.25) is 9.79 Å². The quantitative estimate of drug-likeness (QED) is 0.214. The molecule has 0 aliphatic carbocycles. The normalized spacial score (nSPS) is 16.2. The number of aryl methyl sites for hydroxylation is 1. The van der Waals surface area contributed by atoms with E-state index in [0.29, 0.717) is 31.7 Å². The molecule has 32 heavy (non-hydrogen) atoms. The van der Waals surface area contributed by atoms with Gasteiger partial charge in [0.25, 0.3) is 5.91 Å². The number of nitrogens with zero attached hydrogens (tertiary/aromatic N) is 2. The fourth-order valence-corrected chi connectivity index (χ4v) is 3.14. The van der Waals surface area contributed by atoms with Crippen molar-refractivity contribution in [3.05, 3.63) is 35.1 Å². The van der Waals surface area contributed by atoms with Crippen LogP contribution in [0.1, 0.15) is 50.0 Å². The first-order chi connectivity index (χ1) is 14.6. The third-order valence-electron chi connectivity index (χ3n) is 4.64. The van der Waals surface area contributed by atoms with E-state index in [2.05, 4.69) is 25.8 Å². The zero-order chi connectivity index (χ0) is 23.0. The van der Waals surface area contributed by atoms with Gasteiger partial charge in [-0.25, -0.2) is 9.18 Å². The van der Waals surface area contributed by atoms with Gasteiger partial charge in [0.1, 0.15) is 11.4 Å². The lowest BCUT2D eigenvalue weighted by molar-refractivity contribution is 0.0507. The van der Waals surface area contributed by atoms with E-state index >= 15 is 0 Å². The summed E-state index contributed by atoms with van der Waals surface area (Å²) in [5.74, 6) is -0.00259. The Morgan fingerprint density at radius 2 is 2.00 bits per heavy atom. The van der Waals surface area contributed by atoms with Gasteiger partial charge < -0.3 is 25.6 Å². The van der Waals surface area contributed by atoms with Gasteiger partial charge in [-0.15, -0.1) is 24.0 Å². The van der Waals surface area contributed by atoms with Gasteiger partial charge in [0, 0.05) is 31.7 Å². The highest BCUT2D eigenvalue weighted by Crippen LogP contribution is 2.12. The molecule has 2 amide bonds. The van der Waals surface area contributed by atoms with Crippen molar-refractivity contribution >= 4 is 41.9 Å². The molecule has 0 radical (unpaired) electrons. The monoisotopic (exact) mass is 563 g/mol. The highest BCUT2D eigenvalue weighted by Gasteiger charge is 2.27. The molecule has 1 aliphatic rings. The van der Waals surface area contributed by atoms with Crippen molar-refractivity contribution in [3.8, 4) is 0 Å². The van der Waals surface area contributed by atoms with E-state index in [0.717, 1.165) is 18.9 Å². The van der Waals surface area contributed by atoms with Crippen molar-refractivity contribution in [1.82, 2.24) is 20.9 Å². The largest absolute Gasteiger partial charge is 0.444 e. The summed E-state index contributed by atoms with van der Waals surface area (Å²) < 4.78 is 19.0. The first-order valence-electron chi connectivity index (χ1n) is 10.7. The molecule has 180 valence electrons. The number of halogens is 2. The average molecular weight is 563 g/mol. The molecule has 3 N–H and O–H groups in total. The molecule has 0 aromatic heterocycles. The van der Waals surface area contributed by atoms with Gasteiger partial charge in [-0.2, -0.15) is 0 Å². The molecule has 1 saturated heterocycles. The molecular weight excluding hydrogens is 528 g/mol. The molecule has 1 unspecified atom stereocenters. The summed E-state index contributed by atoms with van der Waals surface area (Å²) in [7, 11) is 0. The standard InChI is InChI=1S/C22H34FN5O3.HI/c1-6-24-20(28-12-9-17(14-28)27-21(30)31-22(3,4)5)26-11-10-25-19(29)16-8-7-15(2)18(23)13-16;/h7-8,13,17H,6,9-12,14H2,1-5H3,(H,24,26)(H,25,29)(H,27,30);1H. The summed E-state index contributed by atoms with van der Waals surface area (Å²) in [5, 5.41) is 8.90. The number of amides is 2. The number of benzene rings is 1. The molecule has 1 fully saturated rings. The number of alkyl carbamates (subject to hydrolysis) is 1. The number of nitrogens with one attached hydrogen (secondary N) is 3. The number of carbonyl (C=O) groups excluding carboxylic acids is 2.